The molecule has 0 radical (unpaired) electrons. The van der Waals surface area contributed by atoms with Gasteiger partial charge in [0.1, 0.15) is 10.7 Å². The van der Waals surface area contributed by atoms with Crippen LogP contribution in [0.3, 0.4) is 0 Å². The molecule has 17 heavy (non-hydrogen) atoms. The van der Waals surface area contributed by atoms with Crippen molar-refractivity contribution in [1.29, 1.82) is 0 Å². The van der Waals surface area contributed by atoms with Crippen molar-refractivity contribution in [3.05, 3.63) is 29.3 Å². The maximum absolute atomic E-state index is 13.7. The van der Waals surface area contributed by atoms with E-state index in [1.807, 2.05) is 0 Å². The van der Waals surface area contributed by atoms with Gasteiger partial charge in [-0.1, -0.05) is 0 Å². The van der Waals surface area contributed by atoms with Gasteiger partial charge in [-0.2, -0.15) is 0 Å². The maximum atomic E-state index is 13.7. The molecular formula is C10H12ClF2NO2S. The number of rotatable bonds is 4. The summed E-state index contributed by atoms with van der Waals surface area (Å²) in [5.41, 5.74) is -0.446. The zero-order valence-corrected chi connectivity index (χ0v) is 10.9. The number of sulfonamides is 1. The van der Waals surface area contributed by atoms with Crippen LogP contribution in [0.1, 0.15) is 19.4 Å². The van der Waals surface area contributed by atoms with Crippen molar-refractivity contribution in [2.45, 2.75) is 30.7 Å². The van der Waals surface area contributed by atoms with E-state index >= 15 is 0 Å². The summed E-state index contributed by atoms with van der Waals surface area (Å²) in [7, 11) is -3.99. The largest absolute Gasteiger partial charge is 0.243 e. The van der Waals surface area contributed by atoms with E-state index in [0.29, 0.717) is 0 Å². The van der Waals surface area contributed by atoms with Gasteiger partial charge in [-0.3, -0.25) is 0 Å². The van der Waals surface area contributed by atoms with Crippen LogP contribution in [-0.2, 0) is 15.9 Å². The SMILES string of the molecule is CC(C)NS(=O)(=O)c1ccc(F)c(CCl)c1F. The van der Waals surface area contributed by atoms with Crippen molar-refractivity contribution < 1.29 is 17.2 Å². The first-order chi connectivity index (χ1) is 7.79. The lowest BCUT2D eigenvalue weighted by molar-refractivity contribution is 0.528. The Morgan fingerprint density at radius 1 is 1.35 bits per heavy atom. The molecule has 0 aromatic heterocycles. The summed E-state index contributed by atoms with van der Waals surface area (Å²) in [5.74, 6) is -2.43. The monoisotopic (exact) mass is 283 g/mol. The smallest absolute Gasteiger partial charge is 0.209 e. The van der Waals surface area contributed by atoms with Crippen LogP contribution in [0.15, 0.2) is 17.0 Å². The van der Waals surface area contributed by atoms with E-state index in [1.54, 1.807) is 13.8 Å². The van der Waals surface area contributed by atoms with Crippen LogP contribution in [0.25, 0.3) is 0 Å². The second-order valence-electron chi connectivity index (χ2n) is 3.75. The van der Waals surface area contributed by atoms with Gasteiger partial charge in [0.2, 0.25) is 10.0 Å². The third-order valence-corrected chi connectivity index (χ3v) is 3.91. The lowest BCUT2D eigenvalue weighted by atomic mass is 10.2. The highest BCUT2D eigenvalue weighted by Crippen LogP contribution is 2.22. The Morgan fingerprint density at radius 2 is 1.94 bits per heavy atom. The topological polar surface area (TPSA) is 46.2 Å². The maximum Gasteiger partial charge on any atom is 0.243 e. The highest BCUT2D eigenvalue weighted by molar-refractivity contribution is 7.89. The summed E-state index contributed by atoms with van der Waals surface area (Å²) in [4.78, 5) is -0.594. The molecule has 0 spiro atoms. The molecule has 3 nitrogen and oxygen atoms in total. The second kappa shape index (κ2) is 5.29. The summed E-state index contributed by atoms with van der Waals surface area (Å²) in [6.45, 7) is 3.20. The molecule has 0 aliphatic rings. The van der Waals surface area contributed by atoms with Crippen molar-refractivity contribution in [2.75, 3.05) is 0 Å². The highest BCUT2D eigenvalue weighted by atomic mass is 35.5. The van der Waals surface area contributed by atoms with Crippen LogP contribution in [0, 0.1) is 11.6 Å². The fourth-order valence-corrected chi connectivity index (χ4v) is 2.88. The van der Waals surface area contributed by atoms with E-state index in [2.05, 4.69) is 4.72 Å². The van der Waals surface area contributed by atoms with E-state index in [9.17, 15) is 17.2 Å². The van der Waals surface area contributed by atoms with Crippen molar-refractivity contribution in [3.63, 3.8) is 0 Å². The van der Waals surface area contributed by atoms with Gasteiger partial charge in [-0.25, -0.2) is 21.9 Å². The van der Waals surface area contributed by atoms with E-state index in [0.717, 1.165) is 12.1 Å². The molecule has 0 fully saturated rings. The molecule has 0 heterocycles. The molecule has 1 aromatic rings. The molecule has 0 aliphatic carbocycles. The van der Waals surface area contributed by atoms with Crippen LogP contribution in [0.2, 0.25) is 0 Å². The molecule has 7 heteroatoms. The predicted molar refractivity (Wildman–Crippen MR) is 61.4 cm³/mol. The molecule has 0 amide bonds. The molecule has 0 atom stereocenters. The third-order valence-electron chi connectivity index (χ3n) is 1.96. The lowest BCUT2D eigenvalue weighted by Gasteiger charge is -2.12. The molecule has 1 aromatic carbocycles. The van der Waals surface area contributed by atoms with Crippen LogP contribution < -0.4 is 4.72 Å². The Hall–Kier alpha value is -0.720. The summed E-state index contributed by atoms with van der Waals surface area (Å²) >= 11 is 5.37. The van der Waals surface area contributed by atoms with E-state index in [4.69, 9.17) is 11.6 Å². The summed E-state index contributed by atoms with van der Waals surface area (Å²) in [5, 5.41) is 0. The van der Waals surface area contributed by atoms with Gasteiger partial charge in [0.05, 0.1) is 5.88 Å². The zero-order chi connectivity index (χ0) is 13.2. The minimum Gasteiger partial charge on any atom is -0.209 e. The van der Waals surface area contributed by atoms with Crippen LogP contribution >= 0.6 is 11.6 Å². The first-order valence-corrected chi connectivity index (χ1v) is 6.86. The number of alkyl halides is 1. The third kappa shape index (κ3) is 3.14. The number of nitrogens with one attached hydrogen (secondary N) is 1. The molecule has 0 bridgehead atoms. The van der Waals surface area contributed by atoms with Gasteiger partial charge in [-0.05, 0) is 26.0 Å². The minimum absolute atomic E-state index is 0.385. The standard InChI is InChI=1S/C10H12ClF2NO2S/c1-6(2)14-17(15,16)9-4-3-8(12)7(5-11)10(9)13/h3-4,6,14H,5H2,1-2H3. The number of halogens is 3. The Kier molecular flexibility index (Phi) is 4.46. The number of hydrogen-bond donors (Lipinski definition) is 1. The predicted octanol–water partition coefficient (Wildman–Crippen LogP) is 2.39. The second-order valence-corrected chi connectivity index (χ2v) is 5.70. The fraction of sp³-hybridized carbons (Fsp3) is 0.400. The van der Waals surface area contributed by atoms with Crippen LogP contribution in [0.4, 0.5) is 8.78 Å². The van der Waals surface area contributed by atoms with Gasteiger partial charge in [-0.15, -0.1) is 11.6 Å². The van der Waals surface area contributed by atoms with E-state index in [-0.39, 0.29) is 6.04 Å². The first-order valence-electron chi connectivity index (χ1n) is 4.84. The summed E-state index contributed by atoms with van der Waals surface area (Å²) in [6.07, 6.45) is 0. The minimum atomic E-state index is -3.99. The van der Waals surface area contributed by atoms with Crippen molar-refractivity contribution in [3.8, 4) is 0 Å². The molecule has 0 unspecified atom stereocenters. The summed E-state index contributed by atoms with van der Waals surface area (Å²) in [6, 6.07) is 1.38. The van der Waals surface area contributed by atoms with Crippen molar-refractivity contribution in [2.24, 2.45) is 0 Å². The summed E-state index contributed by atoms with van der Waals surface area (Å²) < 4.78 is 52.5. The lowest BCUT2D eigenvalue weighted by Crippen LogP contribution is -2.31. The Labute approximate surface area is 104 Å². The Bertz CT molecular complexity index is 517. The van der Waals surface area contributed by atoms with E-state index in [1.165, 1.54) is 0 Å². The molecule has 0 saturated carbocycles. The average molecular weight is 284 g/mol. The van der Waals surface area contributed by atoms with Gasteiger partial charge >= 0.3 is 0 Å². The molecule has 1 N–H and O–H groups in total. The van der Waals surface area contributed by atoms with Gasteiger partial charge in [0.25, 0.3) is 0 Å². The van der Waals surface area contributed by atoms with Gasteiger partial charge in [0.15, 0.2) is 5.82 Å². The van der Waals surface area contributed by atoms with Crippen LogP contribution in [-0.4, -0.2) is 14.5 Å². The normalized spacial score (nSPS) is 12.1. The molecule has 96 valence electrons. The molecule has 0 saturated heterocycles. The average Bonchev–Trinajstić information content (AvgIpc) is 2.15. The van der Waals surface area contributed by atoms with Gasteiger partial charge in [0, 0.05) is 11.6 Å². The van der Waals surface area contributed by atoms with E-state index < -0.39 is 38.0 Å². The Balaban J connectivity index is 3.34. The fourth-order valence-electron chi connectivity index (χ4n) is 1.28. The zero-order valence-electron chi connectivity index (χ0n) is 9.30. The van der Waals surface area contributed by atoms with Crippen molar-refractivity contribution in [1.82, 2.24) is 4.72 Å². The number of benzene rings is 1. The van der Waals surface area contributed by atoms with Gasteiger partial charge < -0.3 is 0 Å². The molecule has 1 rings (SSSR count). The molecular weight excluding hydrogens is 272 g/mol. The van der Waals surface area contributed by atoms with Crippen molar-refractivity contribution >= 4 is 21.6 Å². The Morgan fingerprint density at radius 3 is 2.41 bits per heavy atom. The quantitative estimate of drug-likeness (QED) is 0.863. The van der Waals surface area contributed by atoms with Crippen LogP contribution in [0.5, 0.6) is 0 Å². The first kappa shape index (κ1) is 14.3. The highest BCUT2D eigenvalue weighted by Gasteiger charge is 2.23. The molecule has 0 aliphatic heterocycles. The number of hydrogen-bond acceptors (Lipinski definition) is 2.